The van der Waals surface area contributed by atoms with Crippen molar-refractivity contribution in [1.29, 1.82) is 0 Å². The van der Waals surface area contributed by atoms with Crippen LogP contribution in [-0.4, -0.2) is 27.0 Å². The molecular formula is C21H15F4N5. The van der Waals surface area contributed by atoms with E-state index in [4.69, 9.17) is 0 Å². The molecule has 0 atom stereocenters. The van der Waals surface area contributed by atoms with Gasteiger partial charge < -0.3 is 10.3 Å². The van der Waals surface area contributed by atoms with Crippen LogP contribution in [0.5, 0.6) is 0 Å². The molecule has 152 valence electrons. The highest BCUT2D eigenvalue weighted by atomic mass is 19.4. The van der Waals surface area contributed by atoms with Crippen molar-refractivity contribution in [2.24, 2.45) is 0 Å². The standard InChI is InChI=1S/C21H15F4N5/c1-26-18-16-19(30-20(29-18)21(23,24)25)28-17(27-16)15-11(9-22)6-7-13-12-5-3-2-4-10(12)8-14(13)15/h2-7H,8-9H2,1H3,(H2,26,27,28,29,30). The fraction of sp³-hybridized carbons (Fsp3) is 0.190. The zero-order valence-corrected chi connectivity index (χ0v) is 15.7. The number of fused-ring (bicyclic) bond motifs is 4. The molecule has 5 nitrogen and oxygen atoms in total. The van der Waals surface area contributed by atoms with E-state index in [0.717, 1.165) is 22.3 Å². The molecule has 0 spiro atoms. The minimum atomic E-state index is -4.71. The molecule has 1 aliphatic rings. The third-order valence-electron chi connectivity index (χ3n) is 5.30. The summed E-state index contributed by atoms with van der Waals surface area (Å²) >= 11 is 0. The number of rotatable bonds is 3. The van der Waals surface area contributed by atoms with Crippen molar-refractivity contribution in [3.8, 4) is 22.5 Å². The number of aromatic nitrogens is 4. The molecule has 0 unspecified atom stereocenters. The monoisotopic (exact) mass is 413 g/mol. The van der Waals surface area contributed by atoms with Crippen molar-refractivity contribution >= 4 is 17.0 Å². The second-order valence-corrected chi connectivity index (χ2v) is 7.02. The minimum Gasteiger partial charge on any atom is -0.371 e. The first-order valence-corrected chi connectivity index (χ1v) is 9.22. The zero-order chi connectivity index (χ0) is 21.0. The van der Waals surface area contributed by atoms with E-state index in [9.17, 15) is 17.6 Å². The average molecular weight is 413 g/mol. The quantitative estimate of drug-likeness (QED) is 0.403. The molecule has 0 aliphatic heterocycles. The average Bonchev–Trinajstić information content (AvgIpc) is 3.32. The van der Waals surface area contributed by atoms with E-state index in [1.807, 2.05) is 30.3 Å². The van der Waals surface area contributed by atoms with Gasteiger partial charge in [-0.3, -0.25) is 0 Å². The summed E-state index contributed by atoms with van der Waals surface area (Å²) in [6, 6.07) is 11.4. The number of aromatic amines is 1. The lowest BCUT2D eigenvalue weighted by Gasteiger charge is -2.11. The van der Waals surface area contributed by atoms with Gasteiger partial charge in [0.15, 0.2) is 11.5 Å². The van der Waals surface area contributed by atoms with E-state index in [2.05, 4.69) is 25.3 Å². The van der Waals surface area contributed by atoms with Gasteiger partial charge >= 0.3 is 6.18 Å². The highest BCUT2D eigenvalue weighted by molar-refractivity contribution is 5.89. The van der Waals surface area contributed by atoms with Gasteiger partial charge in [0, 0.05) is 12.6 Å². The van der Waals surface area contributed by atoms with E-state index in [1.54, 1.807) is 6.07 Å². The van der Waals surface area contributed by atoms with Crippen LogP contribution in [0, 0.1) is 0 Å². The van der Waals surface area contributed by atoms with E-state index in [1.165, 1.54) is 7.05 Å². The van der Waals surface area contributed by atoms with Crippen molar-refractivity contribution in [1.82, 2.24) is 19.9 Å². The summed E-state index contributed by atoms with van der Waals surface area (Å²) in [6.45, 7) is -0.728. The molecule has 9 heteroatoms. The molecule has 0 bridgehead atoms. The molecule has 4 aromatic rings. The summed E-state index contributed by atoms with van der Waals surface area (Å²) in [7, 11) is 1.46. The van der Waals surface area contributed by atoms with Crippen LogP contribution in [0.1, 0.15) is 22.5 Å². The fourth-order valence-electron chi connectivity index (χ4n) is 3.99. The van der Waals surface area contributed by atoms with Gasteiger partial charge in [0.2, 0.25) is 5.82 Å². The largest absolute Gasteiger partial charge is 0.451 e. The van der Waals surface area contributed by atoms with Crippen molar-refractivity contribution in [3.05, 3.63) is 58.9 Å². The molecule has 2 aromatic carbocycles. The van der Waals surface area contributed by atoms with Gasteiger partial charge in [-0.1, -0.05) is 36.4 Å². The van der Waals surface area contributed by atoms with Crippen LogP contribution < -0.4 is 5.32 Å². The summed E-state index contributed by atoms with van der Waals surface area (Å²) < 4.78 is 53.4. The van der Waals surface area contributed by atoms with E-state index >= 15 is 0 Å². The molecule has 2 N–H and O–H groups in total. The Labute approximate surface area is 168 Å². The summed E-state index contributed by atoms with van der Waals surface area (Å²) in [4.78, 5) is 14.4. The third-order valence-corrected chi connectivity index (χ3v) is 5.30. The molecule has 1 aliphatic carbocycles. The van der Waals surface area contributed by atoms with Gasteiger partial charge in [-0.15, -0.1) is 0 Å². The lowest BCUT2D eigenvalue weighted by Crippen LogP contribution is -2.12. The predicted octanol–water partition coefficient (Wildman–Crippen LogP) is 5.12. The molecular weight excluding hydrogens is 398 g/mol. The molecule has 2 aromatic heterocycles. The molecule has 5 rings (SSSR count). The van der Waals surface area contributed by atoms with Gasteiger partial charge in [0.05, 0.1) is 0 Å². The van der Waals surface area contributed by atoms with Gasteiger partial charge in [-0.2, -0.15) is 13.2 Å². The summed E-state index contributed by atoms with van der Waals surface area (Å²) in [6.07, 6.45) is -4.12. The van der Waals surface area contributed by atoms with Crippen LogP contribution in [0.15, 0.2) is 36.4 Å². The fourth-order valence-corrected chi connectivity index (χ4v) is 3.99. The van der Waals surface area contributed by atoms with Crippen molar-refractivity contribution in [2.45, 2.75) is 19.3 Å². The summed E-state index contributed by atoms with van der Waals surface area (Å²) in [5.74, 6) is -1.04. The SMILES string of the molecule is CNc1nc(C(F)(F)F)nc2nc(-c3c(CF)ccc4c3Cc3ccccc3-4)[nH]c12. The number of hydrogen-bond acceptors (Lipinski definition) is 4. The van der Waals surface area contributed by atoms with Crippen molar-refractivity contribution in [2.75, 3.05) is 12.4 Å². The Morgan fingerprint density at radius 2 is 1.83 bits per heavy atom. The highest BCUT2D eigenvalue weighted by Crippen LogP contribution is 2.43. The molecule has 0 radical (unpaired) electrons. The first kappa shape index (κ1) is 18.5. The number of nitrogens with zero attached hydrogens (tertiary/aromatic N) is 3. The number of imidazole rings is 1. The Hall–Kier alpha value is -3.49. The Balaban J connectivity index is 1.75. The number of nitrogens with one attached hydrogen (secondary N) is 2. The van der Waals surface area contributed by atoms with Crippen LogP contribution >= 0.6 is 0 Å². The van der Waals surface area contributed by atoms with E-state index in [-0.39, 0.29) is 22.8 Å². The third kappa shape index (κ3) is 2.72. The van der Waals surface area contributed by atoms with Gasteiger partial charge in [-0.25, -0.2) is 19.3 Å². The van der Waals surface area contributed by atoms with Gasteiger partial charge in [0.25, 0.3) is 0 Å². The smallest absolute Gasteiger partial charge is 0.371 e. The minimum absolute atomic E-state index is 0.0243. The number of alkyl halides is 4. The number of halogens is 4. The van der Waals surface area contributed by atoms with Crippen LogP contribution in [0.2, 0.25) is 0 Å². The first-order chi connectivity index (χ1) is 14.4. The maximum absolute atomic E-state index is 13.9. The Morgan fingerprint density at radius 1 is 1.03 bits per heavy atom. The lowest BCUT2D eigenvalue weighted by molar-refractivity contribution is -0.144. The summed E-state index contributed by atoms with van der Waals surface area (Å²) in [5, 5.41) is 2.65. The lowest BCUT2D eigenvalue weighted by atomic mass is 9.96. The second-order valence-electron chi connectivity index (χ2n) is 7.02. The first-order valence-electron chi connectivity index (χ1n) is 9.22. The summed E-state index contributed by atoms with van der Waals surface area (Å²) in [5.41, 5.74) is 5.10. The highest BCUT2D eigenvalue weighted by Gasteiger charge is 2.36. The van der Waals surface area contributed by atoms with E-state index in [0.29, 0.717) is 17.5 Å². The number of H-pyrrole nitrogens is 1. The molecule has 2 heterocycles. The Morgan fingerprint density at radius 3 is 2.57 bits per heavy atom. The van der Waals surface area contributed by atoms with Crippen molar-refractivity contribution in [3.63, 3.8) is 0 Å². The number of hydrogen-bond donors (Lipinski definition) is 2. The molecule has 30 heavy (non-hydrogen) atoms. The predicted molar refractivity (Wildman–Crippen MR) is 105 cm³/mol. The molecule has 0 saturated heterocycles. The van der Waals surface area contributed by atoms with Crippen LogP contribution in [-0.2, 0) is 19.3 Å². The van der Waals surface area contributed by atoms with Crippen LogP contribution in [0.4, 0.5) is 23.4 Å². The Bertz CT molecular complexity index is 1290. The molecule has 0 fully saturated rings. The topological polar surface area (TPSA) is 66.5 Å². The van der Waals surface area contributed by atoms with Crippen LogP contribution in [0.25, 0.3) is 33.7 Å². The zero-order valence-electron chi connectivity index (χ0n) is 15.7. The van der Waals surface area contributed by atoms with Gasteiger partial charge in [0.1, 0.15) is 18.0 Å². The maximum atomic E-state index is 13.9. The Kier molecular flexibility index (Phi) is 4.02. The molecule has 0 amide bonds. The van der Waals surface area contributed by atoms with Gasteiger partial charge in [-0.05, 0) is 34.2 Å². The van der Waals surface area contributed by atoms with Crippen molar-refractivity contribution < 1.29 is 17.6 Å². The maximum Gasteiger partial charge on any atom is 0.451 e. The van der Waals surface area contributed by atoms with E-state index < -0.39 is 18.7 Å². The van der Waals surface area contributed by atoms with Crippen LogP contribution in [0.3, 0.4) is 0 Å². The second kappa shape index (κ2) is 6.51. The normalized spacial score (nSPS) is 12.8. The number of anilines is 1. The molecule has 0 saturated carbocycles. The number of benzene rings is 2.